The summed E-state index contributed by atoms with van der Waals surface area (Å²) in [5.41, 5.74) is 1.74. The summed E-state index contributed by atoms with van der Waals surface area (Å²) in [6, 6.07) is 23.6. The minimum Gasteiger partial charge on any atom is -0.293 e. The summed E-state index contributed by atoms with van der Waals surface area (Å²) in [7, 11) is 0. The number of ketones is 1. The molecule has 2 heteroatoms. The monoisotopic (exact) mass is 324 g/mol. The van der Waals surface area contributed by atoms with Crippen LogP contribution in [0, 0.1) is 0 Å². The first-order chi connectivity index (χ1) is 9.77. The molecule has 0 N–H and O–H groups in total. The molecule has 0 radical (unpaired) electrons. The van der Waals surface area contributed by atoms with Gasteiger partial charge in [-0.05, 0) is 16.3 Å². The van der Waals surface area contributed by atoms with Crippen LogP contribution in [0.5, 0.6) is 0 Å². The van der Waals surface area contributed by atoms with E-state index in [1.54, 1.807) is 0 Å². The third-order valence-corrected chi connectivity index (χ3v) is 4.32. The molecule has 0 saturated heterocycles. The van der Waals surface area contributed by atoms with Gasteiger partial charge in [0.2, 0.25) is 0 Å². The van der Waals surface area contributed by atoms with E-state index in [2.05, 4.69) is 15.9 Å². The van der Waals surface area contributed by atoms with Gasteiger partial charge in [0.05, 0.1) is 0 Å². The molecule has 0 aliphatic rings. The van der Waals surface area contributed by atoms with E-state index in [-0.39, 0.29) is 10.6 Å². The lowest BCUT2D eigenvalue weighted by atomic mass is 9.97. The second-order valence-electron chi connectivity index (χ2n) is 4.66. The highest BCUT2D eigenvalue weighted by Gasteiger charge is 2.20. The fraction of sp³-hybridized carbons (Fsp3) is 0.0556. The Balaban J connectivity index is 2.05. The highest BCUT2D eigenvalue weighted by Crippen LogP contribution is 2.30. The van der Waals surface area contributed by atoms with Crippen molar-refractivity contribution in [2.75, 3.05) is 0 Å². The summed E-state index contributed by atoms with van der Waals surface area (Å²) in [6.45, 7) is 0. The number of Topliss-reactive ketones (excluding diaryl/α,β-unsaturated/α-hetero) is 1. The molecule has 0 amide bonds. The van der Waals surface area contributed by atoms with Crippen LogP contribution in [0.2, 0.25) is 0 Å². The van der Waals surface area contributed by atoms with Gasteiger partial charge >= 0.3 is 0 Å². The fourth-order valence-electron chi connectivity index (χ4n) is 2.35. The number of rotatable bonds is 3. The van der Waals surface area contributed by atoms with Crippen LogP contribution in [-0.2, 0) is 0 Å². The van der Waals surface area contributed by atoms with Gasteiger partial charge in [0, 0.05) is 5.56 Å². The average molecular weight is 325 g/mol. The summed E-state index contributed by atoms with van der Waals surface area (Å²) >= 11 is 3.52. The molecule has 20 heavy (non-hydrogen) atoms. The molecular weight excluding hydrogens is 312 g/mol. The number of carbonyl (C=O) groups excluding carboxylic acids is 1. The lowest BCUT2D eigenvalue weighted by Gasteiger charge is -2.11. The highest BCUT2D eigenvalue weighted by molar-refractivity contribution is 9.09. The van der Waals surface area contributed by atoms with E-state index >= 15 is 0 Å². The van der Waals surface area contributed by atoms with Gasteiger partial charge in [-0.15, -0.1) is 0 Å². The minimum absolute atomic E-state index is 0.0907. The summed E-state index contributed by atoms with van der Waals surface area (Å²) in [4.78, 5) is 12.4. The number of hydrogen-bond donors (Lipinski definition) is 0. The first-order valence-corrected chi connectivity index (χ1v) is 7.40. The summed E-state index contributed by atoms with van der Waals surface area (Å²) in [5, 5.41) is 2.09. The van der Waals surface area contributed by atoms with Crippen molar-refractivity contribution in [2.24, 2.45) is 0 Å². The third-order valence-electron chi connectivity index (χ3n) is 3.38. The second-order valence-corrected chi connectivity index (χ2v) is 5.58. The molecule has 0 aliphatic heterocycles. The first kappa shape index (κ1) is 13.1. The van der Waals surface area contributed by atoms with Gasteiger partial charge in [0.15, 0.2) is 5.78 Å². The van der Waals surface area contributed by atoms with Crippen LogP contribution in [-0.4, -0.2) is 5.78 Å². The summed E-state index contributed by atoms with van der Waals surface area (Å²) in [5.74, 6) is 0.0907. The second kappa shape index (κ2) is 5.59. The smallest absolute Gasteiger partial charge is 0.181 e. The van der Waals surface area contributed by atoms with Crippen molar-refractivity contribution in [3.8, 4) is 0 Å². The van der Waals surface area contributed by atoms with E-state index in [9.17, 15) is 4.79 Å². The van der Waals surface area contributed by atoms with Crippen LogP contribution in [0.4, 0.5) is 0 Å². The maximum atomic E-state index is 12.7. The average Bonchev–Trinajstić information content (AvgIpc) is 2.54. The van der Waals surface area contributed by atoms with E-state index in [4.69, 9.17) is 0 Å². The van der Waals surface area contributed by atoms with Gasteiger partial charge in [0.1, 0.15) is 4.83 Å². The van der Waals surface area contributed by atoms with Crippen molar-refractivity contribution in [1.82, 2.24) is 0 Å². The Morgan fingerprint density at radius 2 is 1.45 bits per heavy atom. The number of fused-ring (bicyclic) bond motifs is 1. The van der Waals surface area contributed by atoms with E-state index in [1.807, 2.05) is 72.8 Å². The Kier molecular flexibility index (Phi) is 3.66. The highest BCUT2D eigenvalue weighted by atomic mass is 79.9. The van der Waals surface area contributed by atoms with Gasteiger partial charge < -0.3 is 0 Å². The zero-order valence-electron chi connectivity index (χ0n) is 10.8. The maximum absolute atomic E-state index is 12.7. The van der Waals surface area contributed by atoms with Crippen molar-refractivity contribution >= 4 is 32.5 Å². The molecule has 1 nitrogen and oxygen atoms in total. The fourth-order valence-corrected chi connectivity index (χ4v) is 2.90. The van der Waals surface area contributed by atoms with Crippen LogP contribution in [0.1, 0.15) is 20.7 Å². The number of halogens is 1. The van der Waals surface area contributed by atoms with Gasteiger partial charge in [-0.3, -0.25) is 4.79 Å². The van der Waals surface area contributed by atoms with Gasteiger partial charge in [-0.2, -0.15) is 0 Å². The van der Waals surface area contributed by atoms with Crippen molar-refractivity contribution in [1.29, 1.82) is 0 Å². The van der Waals surface area contributed by atoms with E-state index in [0.29, 0.717) is 0 Å². The van der Waals surface area contributed by atoms with E-state index in [1.165, 1.54) is 0 Å². The molecule has 0 spiro atoms. The molecule has 1 atom stereocenters. The lowest BCUT2D eigenvalue weighted by Crippen LogP contribution is -2.07. The molecule has 0 bridgehead atoms. The van der Waals surface area contributed by atoms with Crippen LogP contribution in [0.25, 0.3) is 10.8 Å². The minimum atomic E-state index is -0.311. The Morgan fingerprint density at radius 1 is 0.800 bits per heavy atom. The standard InChI is InChI=1S/C18H13BrO/c19-17(14-8-2-1-3-9-14)18(20)16-12-6-10-13-7-4-5-11-15(13)16/h1-12,17H/t17-/m0/s1. The molecule has 0 fully saturated rings. The molecule has 0 aliphatic carbocycles. The normalized spacial score (nSPS) is 12.2. The van der Waals surface area contributed by atoms with Gasteiger partial charge in [-0.25, -0.2) is 0 Å². The number of carbonyl (C=O) groups is 1. The lowest BCUT2D eigenvalue weighted by molar-refractivity contribution is 0.0993. The largest absolute Gasteiger partial charge is 0.293 e. The maximum Gasteiger partial charge on any atom is 0.181 e. The quantitative estimate of drug-likeness (QED) is 0.480. The van der Waals surface area contributed by atoms with Crippen molar-refractivity contribution in [2.45, 2.75) is 4.83 Å². The number of benzene rings is 3. The predicted molar refractivity (Wildman–Crippen MR) is 86.4 cm³/mol. The van der Waals surface area contributed by atoms with Crippen molar-refractivity contribution in [3.05, 3.63) is 83.9 Å². The summed E-state index contributed by atoms with van der Waals surface area (Å²) < 4.78 is 0. The van der Waals surface area contributed by atoms with Crippen LogP contribution in [0.15, 0.2) is 72.8 Å². The number of alkyl halides is 1. The van der Waals surface area contributed by atoms with E-state index < -0.39 is 0 Å². The molecular formula is C18H13BrO. The molecule has 0 aromatic heterocycles. The molecule has 0 heterocycles. The van der Waals surface area contributed by atoms with Crippen LogP contribution >= 0.6 is 15.9 Å². The van der Waals surface area contributed by atoms with Gasteiger partial charge in [0.25, 0.3) is 0 Å². The zero-order valence-corrected chi connectivity index (χ0v) is 12.4. The summed E-state index contributed by atoms with van der Waals surface area (Å²) in [6.07, 6.45) is 0. The third kappa shape index (κ3) is 2.39. The zero-order chi connectivity index (χ0) is 13.9. The Bertz CT molecular complexity index is 744. The van der Waals surface area contributed by atoms with Crippen molar-refractivity contribution < 1.29 is 4.79 Å². The van der Waals surface area contributed by atoms with Crippen LogP contribution in [0.3, 0.4) is 0 Å². The van der Waals surface area contributed by atoms with Crippen LogP contribution < -0.4 is 0 Å². The molecule has 0 saturated carbocycles. The first-order valence-electron chi connectivity index (χ1n) is 6.48. The molecule has 3 aromatic rings. The van der Waals surface area contributed by atoms with Crippen molar-refractivity contribution in [3.63, 3.8) is 0 Å². The Labute approximate surface area is 126 Å². The molecule has 3 aromatic carbocycles. The topological polar surface area (TPSA) is 17.1 Å². The SMILES string of the molecule is O=C(c1cccc2ccccc12)[C@@H](Br)c1ccccc1. The Hall–Kier alpha value is -1.93. The molecule has 3 rings (SSSR count). The number of hydrogen-bond acceptors (Lipinski definition) is 1. The molecule has 0 unspecified atom stereocenters. The Morgan fingerprint density at radius 3 is 2.25 bits per heavy atom. The van der Waals surface area contributed by atoms with Gasteiger partial charge in [-0.1, -0.05) is 88.7 Å². The van der Waals surface area contributed by atoms with E-state index in [0.717, 1.165) is 21.9 Å². The molecule has 98 valence electrons. The predicted octanol–water partition coefficient (Wildman–Crippen LogP) is 5.16.